The SMILES string of the molecule is COc1cccc(/C=C2/NC(=S)N(Cc3ccccc3)C2=O)c1O. The van der Waals surface area contributed by atoms with E-state index in [4.69, 9.17) is 17.0 Å². The standard InChI is InChI=1S/C18H16N2O3S/c1-23-15-9-5-8-13(16(15)21)10-14-17(22)20(18(24)19-14)11-12-6-3-2-4-7-12/h2-10,21H,11H2,1H3,(H,19,24)/b14-10+. The van der Waals surface area contributed by atoms with E-state index >= 15 is 0 Å². The number of phenols is 1. The number of para-hydroxylation sites is 1. The molecule has 122 valence electrons. The molecule has 0 saturated carbocycles. The van der Waals surface area contributed by atoms with Crippen LogP contribution in [0, 0.1) is 0 Å². The van der Waals surface area contributed by atoms with Crippen LogP contribution in [0.5, 0.6) is 11.5 Å². The van der Waals surface area contributed by atoms with Crippen LogP contribution >= 0.6 is 12.2 Å². The molecule has 5 nitrogen and oxygen atoms in total. The summed E-state index contributed by atoms with van der Waals surface area (Å²) in [5.74, 6) is 0.0964. The van der Waals surface area contributed by atoms with Crippen molar-refractivity contribution in [2.24, 2.45) is 0 Å². The number of rotatable bonds is 4. The third-order valence-electron chi connectivity index (χ3n) is 3.70. The second-order valence-corrected chi connectivity index (χ2v) is 5.65. The van der Waals surface area contributed by atoms with Gasteiger partial charge in [-0.1, -0.05) is 42.5 Å². The average Bonchev–Trinajstić information content (AvgIpc) is 2.85. The van der Waals surface area contributed by atoms with E-state index in [9.17, 15) is 9.90 Å². The number of methoxy groups -OCH3 is 1. The second-order valence-electron chi connectivity index (χ2n) is 5.26. The zero-order valence-corrected chi connectivity index (χ0v) is 13.8. The van der Waals surface area contributed by atoms with Gasteiger partial charge in [-0.25, -0.2) is 0 Å². The number of hydrogen-bond donors (Lipinski definition) is 2. The highest BCUT2D eigenvalue weighted by Crippen LogP contribution is 2.31. The Bertz CT molecular complexity index is 818. The van der Waals surface area contributed by atoms with E-state index in [1.807, 2.05) is 30.3 Å². The van der Waals surface area contributed by atoms with Crippen molar-refractivity contribution in [3.8, 4) is 11.5 Å². The minimum absolute atomic E-state index is 0.0190. The number of nitrogens with zero attached hydrogens (tertiary/aromatic N) is 1. The van der Waals surface area contributed by atoms with Crippen LogP contribution in [-0.2, 0) is 11.3 Å². The van der Waals surface area contributed by atoms with E-state index in [1.54, 1.807) is 24.3 Å². The van der Waals surface area contributed by atoms with Gasteiger partial charge in [0.2, 0.25) is 0 Å². The first kappa shape index (κ1) is 16.0. The van der Waals surface area contributed by atoms with Gasteiger partial charge in [0.05, 0.1) is 13.7 Å². The van der Waals surface area contributed by atoms with E-state index in [0.29, 0.717) is 28.7 Å². The van der Waals surface area contributed by atoms with Gasteiger partial charge >= 0.3 is 0 Å². The normalized spacial score (nSPS) is 15.7. The van der Waals surface area contributed by atoms with Crippen molar-refractivity contribution >= 4 is 29.3 Å². The summed E-state index contributed by atoms with van der Waals surface area (Å²) in [5.41, 5.74) is 1.79. The van der Waals surface area contributed by atoms with E-state index in [2.05, 4.69) is 5.32 Å². The molecule has 1 amide bonds. The van der Waals surface area contributed by atoms with Crippen molar-refractivity contribution in [1.82, 2.24) is 10.2 Å². The number of carbonyl (C=O) groups excluding carboxylic acids is 1. The molecule has 1 heterocycles. The molecule has 0 unspecified atom stereocenters. The van der Waals surface area contributed by atoms with Crippen LogP contribution in [0.1, 0.15) is 11.1 Å². The van der Waals surface area contributed by atoms with Crippen LogP contribution in [0.15, 0.2) is 54.2 Å². The number of thiocarbonyl (C=S) groups is 1. The van der Waals surface area contributed by atoms with Crippen molar-refractivity contribution in [3.05, 3.63) is 65.4 Å². The summed E-state index contributed by atoms with van der Waals surface area (Å²) in [5, 5.41) is 13.4. The molecule has 0 aromatic heterocycles. The molecule has 2 N–H and O–H groups in total. The maximum atomic E-state index is 12.6. The van der Waals surface area contributed by atoms with Crippen LogP contribution in [0.25, 0.3) is 6.08 Å². The van der Waals surface area contributed by atoms with Gasteiger partial charge in [0.1, 0.15) is 5.70 Å². The van der Waals surface area contributed by atoms with Crippen molar-refractivity contribution in [2.75, 3.05) is 7.11 Å². The highest BCUT2D eigenvalue weighted by molar-refractivity contribution is 7.80. The van der Waals surface area contributed by atoms with Crippen LogP contribution in [-0.4, -0.2) is 28.1 Å². The molecule has 0 spiro atoms. The second kappa shape index (κ2) is 6.72. The fourth-order valence-electron chi connectivity index (χ4n) is 2.46. The van der Waals surface area contributed by atoms with Crippen molar-refractivity contribution in [3.63, 3.8) is 0 Å². The van der Waals surface area contributed by atoms with Crippen LogP contribution in [0.4, 0.5) is 0 Å². The lowest BCUT2D eigenvalue weighted by molar-refractivity contribution is -0.122. The number of amides is 1. The summed E-state index contributed by atoms with van der Waals surface area (Å²) in [7, 11) is 1.47. The van der Waals surface area contributed by atoms with E-state index in [1.165, 1.54) is 12.0 Å². The van der Waals surface area contributed by atoms with Crippen LogP contribution in [0.2, 0.25) is 0 Å². The summed E-state index contributed by atoms with van der Waals surface area (Å²) >= 11 is 5.26. The van der Waals surface area contributed by atoms with Gasteiger partial charge in [0.15, 0.2) is 16.6 Å². The first-order chi connectivity index (χ1) is 11.6. The molecule has 0 aliphatic carbocycles. The first-order valence-corrected chi connectivity index (χ1v) is 7.75. The molecule has 1 fully saturated rings. The average molecular weight is 340 g/mol. The van der Waals surface area contributed by atoms with E-state index < -0.39 is 0 Å². The molecule has 0 atom stereocenters. The molecule has 3 rings (SSSR count). The van der Waals surface area contributed by atoms with E-state index in [-0.39, 0.29) is 11.7 Å². The smallest absolute Gasteiger partial charge is 0.276 e. The lowest BCUT2D eigenvalue weighted by Crippen LogP contribution is -2.29. The molecule has 2 aromatic rings. The summed E-state index contributed by atoms with van der Waals surface area (Å²) in [6, 6.07) is 14.7. The summed E-state index contributed by atoms with van der Waals surface area (Å²) in [6.45, 7) is 0.396. The molecular formula is C18H16N2O3S. The van der Waals surface area contributed by atoms with Crippen LogP contribution in [0.3, 0.4) is 0 Å². The minimum atomic E-state index is -0.230. The lowest BCUT2D eigenvalue weighted by Gasteiger charge is -2.13. The van der Waals surface area contributed by atoms with Gasteiger partial charge in [0.25, 0.3) is 5.91 Å². The van der Waals surface area contributed by atoms with Crippen molar-refractivity contribution in [2.45, 2.75) is 6.54 Å². The third kappa shape index (κ3) is 3.09. The Kier molecular flexibility index (Phi) is 4.48. The number of benzene rings is 2. The summed E-state index contributed by atoms with van der Waals surface area (Å²) in [4.78, 5) is 14.1. The Hall–Kier alpha value is -2.86. The van der Waals surface area contributed by atoms with Gasteiger partial charge in [-0.05, 0) is 29.9 Å². The molecule has 1 aliphatic heterocycles. The highest BCUT2D eigenvalue weighted by Gasteiger charge is 2.30. The minimum Gasteiger partial charge on any atom is -0.504 e. The van der Waals surface area contributed by atoms with Gasteiger partial charge < -0.3 is 15.2 Å². The maximum absolute atomic E-state index is 12.6. The van der Waals surface area contributed by atoms with Gasteiger partial charge in [-0.3, -0.25) is 9.69 Å². The first-order valence-electron chi connectivity index (χ1n) is 7.34. The Morgan fingerprint density at radius 2 is 1.96 bits per heavy atom. The fraction of sp³-hybridized carbons (Fsp3) is 0.111. The Balaban J connectivity index is 1.86. The number of nitrogens with one attached hydrogen (secondary N) is 1. The number of phenolic OH excluding ortho intramolecular Hbond substituents is 1. The molecule has 2 aromatic carbocycles. The zero-order chi connectivity index (χ0) is 17.1. The molecule has 1 saturated heterocycles. The summed E-state index contributed by atoms with van der Waals surface area (Å²) < 4.78 is 5.08. The maximum Gasteiger partial charge on any atom is 0.276 e. The molecule has 0 radical (unpaired) electrons. The molecular weight excluding hydrogens is 324 g/mol. The Labute approximate surface area is 145 Å². The Morgan fingerprint density at radius 3 is 2.67 bits per heavy atom. The Morgan fingerprint density at radius 1 is 1.21 bits per heavy atom. The topological polar surface area (TPSA) is 61.8 Å². The quantitative estimate of drug-likeness (QED) is 0.662. The molecule has 1 aliphatic rings. The van der Waals surface area contributed by atoms with Crippen molar-refractivity contribution < 1.29 is 14.6 Å². The number of aromatic hydroxyl groups is 1. The lowest BCUT2D eigenvalue weighted by atomic mass is 10.1. The number of hydrogen-bond acceptors (Lipinski definition) is 4. The molecule has 0 bridgehead atoms. The zero-order valence-electron chi connectivity index (χ0n) is 13.0. The van der Waals surface area contributed by atoms with E-state index in [0.717, 1.165) is 5.56 Å². The predicted molar refractivity (Wildman–Crippen MR) is 95.4 cm³/mol. The largest absolute Gasteiger partial charge is 0.504 e. The fourth-order valence-corrected chi connectivity index (χ4v) is 2.71. The van der Waals surface area contributed by atoms with Crippen LogP contribution < -0.4 is 10.1 Å². The molecule has 24 heavy (non-hydrogen) atoms. The molecule has 6 heteroatoms. The monoisotopic (exact) mass is 340 g/mol. The van der Waals surface area contributed by atoms with Gasteiger partial charge in [-0.15, -0.1) is 0 Å². The third-order valence-corrected chi connectivity index (χ3v) is 4.02. The summed E-state index contributed by atoms with van der Waals surface area (Å²) in [6.07, 6.45) is 1.57. The van der Waals surface area contributed by atoms with Gasteiger partial charge in [0, 0.05) is 5.56 Å². The number of carbonyl (C=O) groups is 1. The van der Waals surface area contributed by atoms with Crippen molar-refractivity contribution in [1.29, 1.82) is 0 Å². The highest BCUT2D eigenvalue weighted by atomic mass is 32.1. The van der Waals surface area contributed by atoms with Gasteiger partial charge in [-0.2, -0.15) is 0 Å². The number of ether oxygens (including phenoxy) is 1. The predicted octanol–water partition coefficient (Wildman–Crippen LogP) is 2.66.